The SMILES string of the molecule is Cc1cc(C)c(NS(=O)(=O)c2cc(C(=O)O)c(O)c3ccccc23)c(C)c1N=c1ccc2c(-c3ccccc3S(=O)(=O)O)c3ccc(Nc4c(C)cc(C)c(NS(=O)(=O)c5cc(C(=O)O)c(O)c6ccccc56)c4C)cc3oc-2c1. The van der Waals surface area contributed by atoms with Gasteiger partial charge in [0.1, 0.15) is 38.9 Å². The number of benzene rings is 9. The van der Waals surface area contributed by atoms with Crippen LogP contribution in [0.2, 0.25) is 0 Å². The Balaban J connectivity index is 1.08. The number of sulfonamides is 2. The van der Waals surface area contributed by atoms with Crippen LogP contribution < -0.4 is 20.1 Å². The van der Waals surface area contributed by atoms with Gasteiger partial charge in [-0.1, -0.05) is 78.9 Å². The Labute approximate surface area is 458 Å². The van der Waals surface area contributed by atoms with E-state index in [0.717, 1.165) is 17.7 Å². The van der Waals surface area contributed by atoms with E-state index in [4.69, 9.17) is 9.41 Å². The minimum atomic E-state index is -4.78. The molecule has 0 saturated heterocycles. The predicted molar refractivity (Wildman–Crippen MR) is 305 cm³/mol. The summed E-state index contributed by atoms with van der Waals surface area (Å²) in [7, 11) is -13.8. The molecule has 1 heterocycles. The molecule has 80 heavy (non-hydrogen) atoms. The number of aromatic hydroxyl groups is 2. The number of phenols is 2. The first-order valence-corrected chi connectivity index (χ1v) is 28.8. The van der Waals surface area contributed by atoms with Crippen molar-refractivity contribution >= 4 is 103 Å². The Bertz CT molecular complexity index is 4750. The van der Waals surface area contributed by atoms with Crippen LogP contribution in [0.5, 0.6) is 11.5 Å². The highest BCUT2D eigenvalue weighted by molar-refractivity contribution is 7.93. The van der Waals surface area contributed by atoms with Crippen molar-refractivity contribution in [3.63, 3.8) is 0 Å². The van der Waals surface area contributed by atoms with E-state index in [1.165, 1.54) is 36.4 Å². The molecule has 0 aromatic heterocycles. The van der Waals surface area contributed by atoms with E-state index in [1.54, 1.807) is 120 Å². The number of nitrogens with zero attached hydrogens (tertiary/aromatic N) is 1. The summed E-state index contributed by atoms with van der Waals surface area (Å²) in [6.07, 6.45) is 0. The maximum Gasteiger partial charge on any atom is 0.339 e. The number of nitrogens with one attached hydrogen (secondary N) is 3. The lowest BCUT2D eigenvalue weighted by molar-refractivity contribution is 0.0682. The Hall–Kier alpha value is -9.28. The molecule has 0 radical (unpaired) electrons. The van der Waals surface area contributed by atoms with E-state index < -0.39 is 64.7 Å². The summed E-state index contributed by atoms with van der Waals surface area (Å²) < 4.78 is 106. The van der Waals surface area contributed by atoms with Crippen molar-refractivity contribution in [1.82, 2.24) is 0 Å². The molecule has 0 saturated carbocycles. The first-order chi connectivity index (χ1) is 37.7. The van der Waals surface area contributed by atoms with Gasteiger partial charge in [-0.2, -0.15) is 8.42 Å². The van der Waals surface area contributed by atoms with Gasteiger partial charge in [0.2, 0.25) is 0 Å². The van der Waals surface area contributed by atoms with Gasteiger partial charge in [-0.25, -0.2) is 31.4 Å². The number of anilines is 4. The van der Waals surface area contributed by atoms with E-state index in [0.29, 0.717) is 66.7 Å². The highest BCUT2D eigenvalue weighted by atomic mass is 32.2. The lowest BCUT2D eigenvalue weighted by atomic mass is 9.93. The van der Waals surface area contributed by atoms with E-state index in [2.05, 4.69) is 14.8 Å². The van der Waals surface area contributed by atoms with Crippen LogP contribution in [0.4, 0.5) is 28.4 Å². The molecule has 0 fully saturated rings. The average molecular weight is 1130 g/mol. The summed E-state index contributed by atoms with van der Waals surface area (Å²) in [6.45, 7) is 10.4. The van der Waals surface area contributed by atoms with Crippen LogP contribution in [0.25, 0.3) is 55.0 Å². The molecular formula is C59H48N4O14S3. The van der Waals surface area contributed by atoms with Crippen molar-refractivity contribution in [3.05, 3.63) is 183 Å². The smallest absolute Gasteiger partial charge is 0.339 e. The Morgan fingerprint density at radius 1 is 0.500 bits per heavy atom. The largest absolute Gasteiger partial charge is 0.506 e. The monoisotopic (exact) mass is 1130 g/mol. The minimum absolute atomic E-state index is 0.0316. The van der Waals surface area contributed by atoms with Crippen molar-refractivity contribution in [2.24, 2.45) is 4.99 Å². The van der Waals surface area contributed by atoms with Crippen LogP contribution in [0.3, 0.4) is 0 Å². The zero-order valence-corrected chi connectivity index (χ0v) is 45.7. The average Bonchev–Trinajstić information content (AvgIpc) is 3.41. The molecule has 2 aliphatic rings. The highest BCUT2D eigenvalue weighted by Crippen LogP contribution is 2.45. The molecule has 21 heteroatoms. The van der Waals surface area contributed by atoms with Crippen molar-refractivity contribution in [2.75, 3.05) is 14.8 Å². The second-order valence-corrected chi connectivity index (χ2v) is 24.0. The maximum absolute atomic E-state index is 14.3. The molecule has 0 amide bonds. The highest BCUT2D eigenvalue weighted by Gasteiger charge is 2.29. The van der Waals surface area contributed by atoms with Gasteiger partial charge in [0.15, 0.2) is 0 Å². The summed E-state index contributed by atoms with van der Waals surface area (Å²) >= 11 is 0. The Morgan fingerprint density at radius 3 is 1.55 bits per heavy atom. The molecule has 10 rings (SSSR count). The lowest BCUT2D eigenvalue weighted by Gasteiger charge is -2.21. The third kappa shape index (κ3) is 9.54. The van der Waals surface area contributed by atoms with Gasteiger partial charge in [-0.15, -0.1) is 0 Å². The van der Waals surface area contributed by atoms with E-state index >= 15 is 0 Å². The molecule has 0 unspecified atom stereocenters. The first-order valence-electron chi connectivity index (χ1n) is 24.4. The fourth-order valence-electron chi connectivity index (χ4n) is 10.3. The summed E-state index contributed by atoms with van der Waals surface area (Å²) in [5.41, 5.74) is 5.08. The number of fused-ring (bicyclic) bond motifs is 4. The van der Waals surface area contributed by atoms with Gasteiger partial charge < -0.3 is 30.2 Å². The van der Waals surface area contributed by atoms with Gasteiger partial charge in [0.25, 0.3) is 30.2 Å². The molecule has 18 nitrogen and oxygen atoms in total. The van der Waals surface area contributed by atoms with Gasteiger partial charge in [-0.05, 0) is 117 Å². The van der Waals surface area contributed by atoms with Crippen molar-refractivity contribution < 1.29 is 64.2 Å². The number of carbonyl (C=O) groups is 2. The Morgan fingerprint density at radius 2 is 1.00 bits per heavy atom. The van der Waals surface area contributed by atoms with Crippen LogP contribution in [-0.2, 0) is 30.2 Å². The normalized spacial score (nSPS) is 12.4. The molecule has 0 atom stereocenters. The maximum atomic E-state index is 14.3. The summed E-state index contributed by atoms with van der Waals surface area (Å²) in [4.78, 5) is 28.2. The van der Waals surface area contributed by atoms with Crippen molar-refractivity contribution in [3.8, 4) is 33.9 Å². The number of aromatic carboxylic acids is 2. The number of hydrogen-bond donors (Lipinski definition) is 8. The summed E-state index contributed by atoms with van der Waals surface area (Å²) in [5, 5.41) is 45.7. The summed E-state index contributed by atoms with van der Waals surface area (Å²) in [5.74, 6) is -3.96. The molecule has 1 aliphatic carbocycles. The standard InChI is InChI=1S/C59H48N4O14S3/c1-29-23-31(3)54(62-78(70,71)49-27-44(58(66)67)56(64)39-15-9-7-13-37(39)49)33(5)52(29)60-35-19-21-41-46(25-35)77-47-26-36(20-22-42(47)51(41)43-17-11-12-18-48(43)80(74,75)76)61-53-30(2)24-32(4)55(34(53)6)63-79(72,73)50-28-45(59(68)69)57(65)40-16-10-8-14-38(40)50/h7-28,60,62-65H,1-6H3,(H,66,67)(H,68,69)(H,74,75,76). The minimum Gasteiger partial charge on any atom is -0.506 e. The van der Waals surface area contributed by atoms with Crippen LogP contribution in [-0.4, -0.2) is 62.2 Å². The summed E-state index contributed by atoms with van der Waals surface area (Å²) in [6, 6.07) is 33.3. The molecule has 8 aromatic carbocycles. The number of carboxylic acid groups (broad SMARTS) is 2. The zero-order chi connectivity index (χ0) is 57.5. The van der Waals surface area contributed by atoms with Crippen molar-refractivity contribution in [2.45, 2.75) is 56.2 Å². The third-order valence-electron chi connectivity index (χ3n) is 14.0. The number of aryl methyl sites for hydroxylation is 4. The third-order valence-corrected chi connectivity index (χ3v) is 17.7. The van der Waals surface area contributed by atoms with Gasteiger partial charge in [0, 0.05) is 67.1 Å². The fraction of sp³-hybridized carbons (Fsp3) is 0.102. The van der Waals surface area contributed by atoms with Crippen LogP contribution in [0.15, 0.2) is 158 Å². The van der Waals surface area contributed by atoms with Crippen molar-refractivity contribution in [1.29, 1.82) is 0 Å². The molecule has 8 N–H and O–H groups in total. The van der Waals surface area contributed by atoms with E-state index in [1.807, 2.05) is 6.92 Å². The molecular weight excluding hydrogens is 1080 g/mol. The van der Waals surface area contributed by atoms with E-state index in [9.17, 15) is 59.8 Å². The molecule has 8 aromatic rings. The molecule has 1 aliphatic heterocycles. The number of hydrogen-bond acceptors (Lipinski definition) is 13. The van der Waals surface area contributed by atoms with Gasteiger partial charge >= 0.3 is 11.9 Å². The fourth-order valence-corrected chi connectivity index (χ4v) is 13.9. The molecule has 0 spiro atoms. The zero-order valence-electron chi connectivity index (χ0n) is 43.3. The first kappa shape index (κ1) is 54.1. The number of rotatable bonds is 13. The van der Waals surface area contributed by atoms with Gasteiger partial charge in [-0.3, -0.25) is 14.0 Å². The van der Waals surface area contributed by atoms with E-state index in [-0.39, 0.29) is 64.5 Å². The Kier molecular flexibility index (Phi) is 13.4. The van der Waals surface area contributed by atoms with Crippen LogP contribution in [0.1, 0.15) is 54.1 Å². The lowest BCUT2D eigenvalue weighted by Crippen LogP contribution is -2.17. The second-order valence-electron chi connectivity index (χ2n) is 19.3. The topological polar surface area (TPSA) is 299 Å². The molecule has 406 valence electrons. The second kappa shape index (κ2) is 19.9. The number of carboxylic acids is 2. The van der Waals surface area contributed by atoms with Crippen LogP contribution in [0, 0.1) is 41.5 Å². The predicted octanol–water partition coefficient (Wildman–Crippen LogP) is 12.0. The molecule has 0 bridgehead atoms. The quantitative estimate of drug-likeness (QED) is 0.0393. The van der Waals surface area contributed by atoms with Gasteiger partial charge in [0.05, 0.1) is 32.2 Å². The van der Waals surface area contributed by atoms with Crippen LogP contribution >= 0.6 is 0 Å².